The molecule has 2 rings (SSSR count). The van der Waals surface area contributed by atoms with Crippen LogP contribution >= 0.6 is 15.9 Å². The second-order valence-electron chi connectivity index (χ2n) is 4.78. The Labute approximate surface area is 112 Å². The lowest BCUT2D eigenvalue weighted by molar-refractivity contribution is 0.391. The molecule has 1 aromatic carbocycles. The Hall–Kier alpha value is -0.540. The van der Waals surface area contributed by atoms with Crippen molar-refractivity contribution in [3.05, 3.63) is 27.7 Å². The van der Waals surface area contributed by atoms with Gasteiger partial charge >= 0.3 is 0 Å². The van der Waals surface area contributed by atoms with Crippen LogP contribution in [0.2, 0.25) is 0 Å². The number of benzene rings is 1. The van der Waals surface area contributed by atoms with E-state index in [1.807, 2.05) is 12.1 Å². The van der Waals surface area contributed by atoms with Crippen LogP contribution in [0.25, 0.3) is 0 Å². The zero-order valence-electron chi connectivity index (χ0n) is 10.3. The van der Waals surface area contributed by atoms with E-state index < -0.39 is 0 Å². The Bertz CT molecular complexity index is 386. The van der Waals surface area contributed by atoms with E-state index in [-0.39, 0.29) is 0 Å². The summed E-state index contributed by atoms with van der Waals surface area (Å²) in [4.78, 5) is 0. The summed E-state index contributed by atoms with van der Waals surface area (Å²) in [6.07, 6.45) is 5.59. The Balaban J connectivity index is 2.16. The Morgan fingerprint density at radius 3 is 2.76 bits per heavy atom. The minimum absolute atomic E-state index is 0.489. The molecule has 0 aliphatic carbocycles. The summed E-state index contributed by atoms with van der Waals surface area (Å²) in [7, 11) is 0. The maximum Gasteiger partial charge on any atom is 0.122 e. The quantitative estimate of drug-likeness (QED) is 0.896. The van der Waals surface area contributed by atoms with Gasteiger partial charge < -0.3 is 10.4 Å². The number of aromatic hydroxyl groups is 1. The number of piperidine rings is 1. The van der Waals surface area contributed by atoms with Gasteiger partial charge in [-0.1, -0.05) is 29.3 Å². The first-order chi connectivity index (χ1) is 8.20. The van der Waals surface area contributed by atoms with E-state index in [0.29, 0.717) is 11.8 Å². The lowest BCUT2D eigenvalue weighted by Crippen LogP contribution is -2.35. The van der Waals surface area contributed by atoms with Gasteiger partial charge in [0.1, 0.15) is 5.75 Å². The summed E-state index contributed by atoms with van der Waals surface area (Å²) < 4.78 is 1.07. The first-order valence-electron chi connectivity index (χ1n) is 6.44. The third kappa shape index (κ3) is 3.23. The predicted octanol–water partition coefficient (Wildman–Crippen LogP) is 3.40. The lowest BCUT2D eigenvalue weighted by Gasteiger charge is -2.24. The molecule has 17 heavy (non-hydrogen) atoms. The van der Waals surface area contributed by atoms with Gasteiger partial charge in [0, 0.05) is 10.5 Å². The minimum Gasteiger partial charge on any atom is -0.507 e. The van der Waals surface area contributed by atoms with Crippen LogP contribution in [0.3, 0.4) is 0 Å². The van der Waals surface area contributed by atoms with Crippen LogP contribution in [0.4, 0.5) is 0 Å². The van der Waals surface area contributed by atoms with Crippen LogP contribution in [-0.4, -0.2) is 17.7 Å². The molecule has 1 fully saturated rings. The standard InChI is InChI=1S/C14H20BrNO/c1-2-10-7-12(15)8-11(14(10)17)9-13-5-3-4-6-16-13/h7-8,13,16-17H,2-6,9H2,1H3. The van der Waals surface area contributed by atoms with E-state index in [1.54, 1.807) is 0 Å². The molecule has 0 bridgehead atoms. The number of nitrogens with one attached hydrogen (secondary N) is 1. The van der Waals surface area contributed by atoms with Crippen LogP contribution < -0.4 is 5.32 Å². The fourth-order valence-electron chi connectivity index (χ4n) is 2.51. The van der Waals surface area contributed by atoms with Gasteiger partial charge in [0.2, 0.25) is 0 Å². The van der Waals surface area contributed by atoms with E-state index in [1.165, 1.54) is 19.3 Å². The number of aryl methyl sites for hydroxylation is 1. The van der Waals surface area contributed by atoms with Crippen molar-refractivity contribution in [1.29, 1.82) is 0 Å². The maximum absolute atomic E-state index is 10.2. The molecule has 2 N–H and O–H groups in total. The summed E-state index contributed by atoms with van der Waals surface area (Å²) >= 11 is 3.52. The molecular formula is C14H20BrNO. The zero-order valence-corrected chi connectivity index (χ0v) is 11.9. The molecule has 1 aliphatic rings. The number of phenols is 1. The molecule has 2 nitrogen and oxygen atoms in total. The summed E-state index contributed by atoms with van der Waals surface area (Å²) in [6, 6.07) is 4.58. The lowest BCUT2D eigenvalue weighted by atomic mass is 9.95. The Morgan fingerprint density at radius 2 is 2.12 bits per heavy atom. The van der Waals surface area contributed by atoms with Gasteiger partial charge in [-0.05, 0) is 55.5 Å². The van der Waals surface area contributed by atoms with Gasteiger partial charge in [-0.3, -0.25) is 0 Å². The molecule has 0 spiro atoms. The smallest absolute Gasteiger partial charge is 0.122 e. The molecule has 1 aliphatic heterocycles. The van der Waals surface area contributed by atoms with Crippen LogP contribution in [0.5, 0.6) is 5.75 Å². The van der Waals surface area contributed by atoms with Crippen molar-refractivity contribution in [3.63, 3.8) is 0 Å². The summed E-state index contributed by atoms with van der Waals surface area (Å²) in [5.41, 5.74) is 2.10. The largest absolute Gasteiger partial charge is 0.507 e. The van der Waals surface area contributed by atoms with Gasteiger partial charge in [0.15, 0.2) is 0 Å². The summed E-state index contributed by atoms with van der Waals surface area (Å²) in [5, 5.41) is 13.7. The van der Waals surface area contributed by atoms with Crippen molar-refractivity contribution in [1.82, 2.24) is 5.32 Å². The topological polar surface area (TPSA) is 32.3 Å². The number of rotatable bonds is 3. The van der Waals surface area contributed by atoms with Gasteiger partial charge in [-0.2, -0.15) is 0 Å². The molecule has 1 unspecified atom stereocenters. The Morgan fingerprint density at radius 1 is 1.35 bits per heavy atom. The highest BCUT2D eigenvalue weighted by Crippen LogP contribution is 2.29. The van der Waals surface area contributed by atoms with Crippen LogP contribution in [0, 0.1) is 0 Å². The van der Waals surface area contributed by atoms with Gasteiger partial charge in [0.25, 0.3) is 0 Å². The molecule has 1 heterocycles. The van der Waals surface area contributed by atoms with Crippen LogP contribution in [0.1, 0.15) is 37.3 Å². The minimum atomic E-state index is 0.489. The van der Waals surface area contributed by atoms with Gasteiger partial charge in [-0.25, -0.2) is 0 Å². The van der Waals surface area contributed by atoms with Gasteiger partial charge in [-0.15, -0.1) is 0 Å². The summed E-state index contributed by atoms with van der Waals surface area (Å²) in [5.74, 6) is 0.489. The third-order valence-corrected chi connectivity index (χ3v) is 3.95. The molecule has 0 amide bonds. The normalized spacial score (nSPS) is 20.5. The highest BCUT2D eigenvalue weighted by atomic mass is 79.9. The average Bonchev–Trinajstić information content (AvgIpc) is 2.34. The highest BCUT2D eigenvalue weighted by Gasteiger charge is 2.16. The molecule has 1 aromatic rings. The van der Waals surface area contributed by atoms with Crippen LogP contribution in [-0.2, 0) is 12.8 Å². The Kier molecular flexibility index (Phi) is 4.46. The maximum atomic E-state index is 10.2. The van der Waals surface area contributed by atoms with E-state index >= 15 is 0 Å². The molecule has 0 saturated carbocycles. The molecule has 94 valence electrons. The molecule has 0 aromatic heterocycles. The predicted molar refractivity (Wildman–Crippen MR) is 74.5 cm³/mol. The second kappa shape index (κ2) is 5.87. The number of hydrogen-bond donors (Lipinski definition) is 2. The monoisotopic (exact) mass is 297 g/mol. The molecular weight excluding hydrogens is 278 g/mol. The number of hydrogen-bond acceptors (Lipinski definition) is 2. The van der Waals surface area contributed by atoms with E-state index in [2.05, 4.69) is 28.2 Å². The highest BCUT2D eigenvalue weighted by molar-refractivity contribution is 9.10. The molecule has 1 atom stereocenters. The molecule has 3 heteroatoms. The molecule has 1 saturated heterocycles. The average molecular weight is 298 g/mol. The van der Waals surface area contributed by atoms with Crippen molar-refractivity contribution >= 4 is 15.9 Å². The van der Waals surface area contributed by atoms with E-state index in [4.69, 9.17) is 0 Å². The van der Waals surface area contributed by atoms with Crippen molar-refractivity contribution in [2.45, 2.75) is 45.1 Å². The van der Waals surface area contributed by atoms with Crippen molar-refractivity contribution in [2.24, 2.45) is 0 Å². The fourth-order valence-corrected chi connectivity index (χ4v) is 3.06. The van der Waals surface area contributed by atoms with Crippen LogP contribution in [0.15, 0.2) is 16.6 Å². The zero-order chi connectivity index (χ0) is 12.3. The SMILES string of the molecule is CCc1cc(Br)cc(CC2CCCCN2)c1O. The van der Waals surface area contributed by atoms with Gasteiger partial charge in [0.05, 0.1) is 0 Å². The molecule has 0 radical (unpaired) electrons. The first kappa shape index (κ1) is 12.9. The first-order valence-corrected chi connectivity index (χ1v) is 7.23. The van der Waals surface area contributed by atoms with Crippen molar-refractivity contribution in [2.75, 3.05) is 6.54 Å². The second-order valence-corrected chi connectivity index (χ2v) is 5.69. The fraction of sp³-hybridized carbons (Fsp3) is 0.571. The number of phenolic OH excluding ortho intramolecular Hbond substituents is 1. The third-order valence-electron chi connectivity index (χ3n) is 3.49. The van der Waals surface area contributed by atoms with E-state index in [0.717, 1.165) is 35.0 Å². The van der Waals surface area contributed by atoms with Crippen molar-refractivity contribution in [3.8, 4) is 5.75 Å². The number of halogens is 1. The van der Waals surface area contributed by atoms with E-state index in [9.17, 15) is 5.11 Å². The van der Waals surface area contributed by atoms with Crippen molar-refractivity contribution < 1.29 is 5.11 Å². The summed E-state index contributed by atoms with van der Waals surface area (Å²) in [6.45, 7) is 3.18.